The Balaban J connectivity index is 0.000000275. The Morgan fingerprint density at radius 1 is 0.608 bits per heavy atom. The molecular weight excluding hydrogens is 1310 g/mol. The van der Waals surface area contributed by atoms with Crippen LogP contribution in [0.5, 0.6) is 0 Å². The fourth-order valence-corrected chi connectivity index (χ4v) is 11.7. The van der Waals surface area contributed by atoms with E-state index >= 15 is 0 Å². The number of hydrogen-bond acceptors (Lipinski definition) is 15. The number of benzene rings is 2. The summed E-state index contributed by atoms with van der Waals surface area (Å²) in [5, 5.41) is 5.71. The molecule has 0 unspecified atom stereocenters. The van der Waals surface area contributed by atoms with Gasteiger partial charge in [0.25, 0.3) is 11.8 Å². The molecular formula is C74H93F2LiN13O12-. The third kappa shape index (κ3) is 21.8. The molecule has 2 aromatic carbocycles. The number of halogens is 2. The Morgan fingerprint density at radius 3 is 1.38 bits per heavy atom. The molecule has 25 nitrogen and oxygen atoms in total. The van der Waals surface area contributed by atoms with E-state index in [1.807, 2.05) is 87.0 Å². The second-order valence-electron chi connectivity index (χ2n) is 26.2. The van der Waals surface area contributed by atoms with E-state index in [1.54, 1.807) is 123 Å². The molecule has 6 aromatic heterocycles. The number of nitrogens with one attached hydrogen (secondary N) is 2. The average molecular weight is 1400 g/mol. The van der Waals surface area contributed by atoms with Crippen molar-refractivity contribution in [1.29, 1.82) is 0 Å². The molecule has 28 heteroatoms. The molecule has 7 amide bonds. The minimum atomic E-state index is -1.04. The van der Waals surface area contributed by atoms with Crippen LogP contribution in [0.4, 0.5) is 13.6 Å². The van der Waals surface area contributed by atoms with Crippen LogP contribution in [0.15, 0.2) is 140 Å². The first kappa shape index (κ1) is 81.6. The van der Waals surface area contributed by atoms with Gasteiger partial charge in [0.15, 0.2) is 0 Å². The molecule has 0 spiro atoms. The van der Waals surface area contributed by atoms with Crippen molar-refractivity contribution in [3.63, 3.8) is 0 Å². The normalized spacial score (nSPS) is 15.9. The second kappa shape index (κ2) is 38.0. The summed E-state index contributed by atoms with van der Waals surface area (Å²) in [4.78, 5) is 126. The van der Waals surface area contributed by atoms with Gasteiger partial charge in [-0.2, -0.15) is 0 Å². The summed E-state index contributed by atoms with van der Waals surface area (Å²) >= 11 is 0. The summed E-state index contributed by atoms with van der Waals surface area (Å²) in [5.74, 6) is -2.67. The molecule has 2 aliphatic heterocycles. The first-order chi connectivity index (χ1) is 47.8. The molecule has 0 aliphatic carbocycles. The van der Waals surface area contributed by atoms with Crippen molar-refractivity contribution in [2.24, 2.45) is 5.92 Å². The molecule has 8 heterocycles. The van der Waals surface area contributed by atoms with Crippen molar-refractivity contribution in [3.05, 3.63) is 180 Å². The minimum absolute atomic E-state index is 0. The quantitative estimate of drug-likeness (QED) is 0.0545. The molecule has 8 aromatic rings. The molecule has 2 fully saturated rings. The molecule has 0 radical (unpaired) electrons. The van der Waals surface area contributed by atoms with Gasteiger partial charge < -0.3 is 67.9 Å². The monoisotopic (exact) mass is 1400 g/mol. The van der Waals surface area contributed by atoms with Crippen molar-refractivity contribution in [1.82, 2.24) is 63.3 Å². The van der Waals surface area contributed by atoms with E-state index in [-0.39, 0.29) is 95.7 Å². The van der Waals surface area contributed by atoms with E-state index < -0.39 is 47.9 Å². The van der Waals surface area contributed by atoms with Crippen LogP contribution >= 0.6 is 0 Å². The Kier molecular flexibility index (Phi) is 30.4. The number of nitrogens with zero attached hydrogens (tertiary/aromatic N) is 11. The number of methoxy groups -OCH3 is 2. The number of likely N-dealkylation sites (tertiary alicyclic amines) is 2. The van der Waals surface area contributed by atoms with Crippen molar-refractivity contribution < 1.29 is 85.7 Å². The fraction of sp³-hybridized carbons (Fsp3) is 0.446. The van der Waals surface area contributed by atoms with Gasteiger partial charge in [-0.15, -0.1) is 6.20 Å². The maximum Gasteiger partial charge on any atom is 1.00 e. The zero-order chi connectivity index (χ0) is 72.4. The first-order valence-electron chi connectivity index (χ1n) is 33.8. The number of pyridine rings is 3. The summed E-state index contributed by atoms with van der Waals surface area (Å²) in [6.07, 6.45) is 14.9. The Labute approximate surface area is 605 Å². The van der Waals surface area contributed by atoms with Crippen LogP contribution in [0.25, 0.3) is 16.9 Å². The molecule has 102 heavy (non-hydrogen) atoms. The Hall–Kier alpha value is -9.39. The molecule has 3 N–H and O–H groups in total. The van der Waals surface area contributed by atoms with Gasteiger partial charge in [0.05, 0.1) is 12.2 Å². The van der Waals surface area contributed by atoms with Crippen molar-refractivity contribution in [3.8, 4) is 0 Å². The second-order valence-corrected chi connectivity index (χ2v) is 26.2. The van der Waals surface area contributed by atoms with Crippen molar-refractivity contribution in [2.75, 3.05) is 60.5 Å². The number of carbonyl (C=O) groups excluding carboxylic acids is 8. The molecule has 2 saturated heterocycles. The maximum atomic E-state index is 14.1. The molecule has 8 atom stereocenters. The van der Waals surface area contributed by atoms with Gasteiger partial charge >= 0.3 is 25.0 Å². The van der Waals surface area contributed by atoms with Crippen LogP contribution in [0, 0.1) is 17.6 Å². The van der Waals surface area contributed by atoms with Gasteiger partial charge in [0, 0.05) is 110 Å². The van der Waals surface area contributed by atoms with Gasteiger partial charge in [0.1, 0.15) is 63.7 Å². The number of hydrogen-bond donors (Lipinski definition) is 2. The molecule has 2 aliphatic rings. The van der Waals surface area contributed by atoms with Gasteiger partial charge in [-0.25, -0.2) is 23.5 Å². The summed E-state index contributed by atoms with van der Waals surface area (Å²) in [7, 11) is 4.44. The smallest absolute Gasteiger partial charge is 0.870 e. The predicted molar refractivity (Wildman–Crippen MR) is 374 cm³/mol. The number of rotatable bonds is 25. The summed E-state index contributed by atoms with van der Waals surface area (Å²) < 4.78 is 48.8. The Morgan fingerprint density at radius 2 is 1.01 bits per heavy atom. The molecule has 0 bridgehead atoms. The van der Waals surface area contributed by atoms with Gasteiger partial charge in [0.2, 0.25) is 23.6 Å². The van der Waals surface area contributed by atoms with E-state index in [9.17, 15) is 47.1 Å². The molecule has 542 valence electrons. The number of ether oxygens (including phenoxy) is 3. The van der Waals surface area contributed by atoms with Crippen molar-refractivity contribution in [2.45, 2.75) is 148 Å². The third-order valence-electron chi connectivity index (χ3n) is 18.1. The number of carbonyl (C=O) groups is 7. The van der Waals surface area contributed by atoms with Gasteiger partial charge in [-0.05, 0) is 170 Å². The number of imidazole rings is 3. The van der Waals surface area contributed by atoms with Crippen LogP contribution in [0.1, 0.15) is 125 Å². The topological polar surface area (TPSA) is 286 Å². The van der Waals surface area contributed by atoms with E-state index in [2.05, 4.69) is 25.6 Å². The number of aromatic nitrogens is 6. The van der Waals surface area contributed by atoms with E-state index in [4.69, 9.17) is 14.2 Å². The average Bonchev–Trinajstić information content (AvgIpc) is 1.65. The SMILES string of the molecule is CC[C@@H](C)C(=O)N[C@H](C(=O)N1CCC[C@H]1CN(CCc1ccc(F)cc1)C(=O)c1cn2ccccc2n1)[C@@H](C)OC.CO[C@H](C)[C@H](NC(=O)[C@H](C)N(C)C(=O)OC(C)(C)C)C(=O)N1CCC[C@H]1CN(CCc1ccc(F)cc1)C(=O)c1cn2ccccc2n1.O=[C-]c1cn2ccccc2n1.[Li+].[OH-]. The standard InChI is InChI=1S/C35H47FN6O6.C31H40FN5O4.C8H5N2O.Li.H2O/c1-23(39(6)34(46)48-35(3,4)5)31(43)38-30(24(2)47-7)33(45)42-19-10-11-27(42)21-41(20-17-25-13-15-26(36)16-14-25)32(44)28-22-40-18-9-8-12-29(40)37-28;1-5-21(2)29(38)34-28(22(3)41-4)31(40)37-17-8-9-25(37)19-36(18-15-23-11-13-24(32)14-12-23)30(39)26-20-35-16-7-6-10-27(35)33-26;11-6-7-5-10-4-2-1-3-8(10)9-7;;/h8-9,12-16,18,22-24,27,30H,10-11,17,19-21H2,1-7H3,(H,38,43);6-7,10-14,16,20-22,25,28H,5,8-9,15,17-19H2,1-4H3,(H,34,38);1-5H;;1H2/q;;-1;+1;/p-1/t23-,24+,27-,30-;21-,22-,25+,28+;;;/m01.../s1. The minimum Gasteiger partial charge on any atom is -0.870 e. The maximum absolute atomic E-state index is 14.1. The van der Waals surface area contributed by atoms with Crippen LogP contribution in [-0.2, 0) is 51.0 Å². The van der Waals surface area contributed by atoms with Crippen LogP contribution in [0.2, 0.25) is 0 Å². The fourth-order valence-electron chi connectivity index (χ4n) is 11.7. The van der Waals surface area contributed by atoms with E-state index in [1.165, 1.54) is 50.4 Å². The van der Waals surface area contributed by atoms with Crippen LogP contribution < -0.4 is 29.5 Å². The predicted octanol–water partition coefficient (Wildman–Crippen LogP) is 5.26. The number of likely N-dealkylation sites (N-methyl/N-ethyl adjacent to an activating group) is 1. The van der Waals surface area contributed by atoms with Gasteiger partial charge in [-0.3, -0.25) is 38.7 Å². The largest absolute Gasteiger partial charge is 1.00 e. The zero-order valence-electron chi connectivity index (χ0n) is 60.2. The number of amides is 7. The van der Waals surface area contributed by atoms with Crippen LogP contribution in [0.3, 0.4) is 0 Å². The molecule has 10 rings (SSSR count). The number of fused-ring (bicyclic) bond motifs is 3. The van der Waals surface area contributed by atoms with Gasteiger partial charge in [-0.1, -0.05) is 56.3 Å². The zero-order valence-corrected chi connectivity index (χ0v) is 60.2. The van der Waals surface area contributed by atoms with E-state index in [0.29, 0.717) is 87.5 Å². The summed E-state index contributed by atoms with van der Waals surface area (Å²) in [6.45, 7) is 16.2. The van der Waals surface area contributed by atoms with Crippen LogP contribution in [-0.4, -0.2) is 215 Å². The Bertz CT molecular complexity index is 3990. The summed E-state index contributed by atoms with van der Waals surface area (Å²) in [5.41, 5.74) is 4.04. The molecule has 0 saturated carbocycles. The summed E-state index contributed by atoms with van der Waals surface area (Å²) in [6, 6.07) is 25.7. The first-order valence-corrected chi connectivity index (χ1v) is 33.8. The van der Waals surface area contributed by atoms with E-state index in [0.717, 1.165) is 29.6 Å². The van der Waals surface area contributed by atoms with Crippen molar-refractivity contribution >= 4 is 64.8 Å². The third-order valence-corrected chi connectivity index (χ3v) is 18.1.